The third-order valence-corrected chi connectivity index (χ3v) is 4.43. The zero-order valence-electron chi connectivity index (χ0n) is 11.5. The summed E-state index contributed by atoms with van der Waals surface area (Å²) in [4.78, 5) is 14.0. The maximum atomic E-state index is 12.3. The van der Waals surface area contributed by atoms with Crippen LogP contribution >= 0.6 is 11.6 Å². The van der Waals surface area contributed by atoms with E-state index in [4.69, 9.17) is 17.3 Å². The van der Waals surface area contributed by atoms with Gasteiger partial charge >= 0.3 is 0 Å². The number of carbonyl (C=O) groups is 1. The molecular weight excluding hydrogens is 260 g/mol. The highest BCUT2D eigenvalue weighted by atomic mass is 35.5. The molecule has 1 amide bonds. The molecule has 0 bridgehead atoms. The van der Waals surface area contributed by atoms with Crippen LogP contribution in [0.3, 0.4) is 0 Å². The van der Waals surface area contributed by atoms with Crippen molar-refractivity contribution in [2.45, 2.75) is 44.2 Å². The topological polar surface area (TPSA) is 46.3 Å². The Hall–Kier alpha value is -1.06. The maximum absolute atomic E-state index is 12.3. The Morgan fingerprint density at radius 3 is 2.47 bits per heavy atom. The highest BCUT2D eigenvalue weighted by molar-refractivity contribution is 6.30. The van der Waals surface area contributed by atoms with E-state index in [2.05, 4.69) is 0 Å². The molecule has 0 aliphatic heterocycles. The van der Waals surface area contributed by atoms with Crippen LogP contribution in [0.15, 0.2) is 24.3 Å². The van der Waals surface area contributed by atoms with Gasteiger partial charge in [0.05, 0.1) is 6.04 Å². The number of amides is 1. The van der Waals surface area contributed by atoms with Crippen LogP contribution < -0.4 is 5.73 Å². The van der Waals surface area contributed by atoms with Gasteiger partial charge in [0.25, 0.3) is 0 Å². The van der Waals surface area contributed by atoms with Crippen molar-refractivity contribution in [3.05, 3.63) is 34.9 Å². The Bertz CT molecular complexity index is 454. The van der Waals surface area contributed by atoms with E-state index in [9.17, 15) is 4.79 Å². The Morgan fingerprint density at radius 2 is 2.00 bits per heavy atom. The Morgan fingerprint density at radius 1 is 1.42 bits per heavy atom. The number of nitrogens with zero attached hydrogens (tertiary/aromatic N) is 1. The average Bonchev–Trinajstić information content (AvgIpc) is 2.36. The van der Waals surface area contributed by atoms with Crippen LogP contribution in [0.1, 0.15) is 44.2 Å². The summed E-state index contributed by atoms with van der Waals surface area (Å²) in [7, 11) is 1.84. The Kier molecular flexibility index (Phi) is 4.16. The van der Waals surface area contributed by atoms with Crippen molar-refractivity contribution in [1.82, 2.24) is 4.90 Å². The highest BCUT2D eigenvalue weighted by Crippen LogP contribution is 2.33. The summed E-state index contributed by atoms with van der Waals surface area (Å²) in [6, 6.07) is 7.65. The Labute approximate surface area is 119 Å². The molecule has 2 rings (SSSR count). The quantitative estimate of drug-likeness (QED) is 0.921. The molecule has 0 radical (unpaired) electrons. The number of carbonyl (C=O) groups excluding carboxylic acids is 1. The summed E-state index contributed by atoms with van der Waals surface area (Å²) in [5.74, 6) is 0.115. The zero-order chi connectivity index (χ0) is 14.0. The van der Waals surface area contributed by atoms with Gasteiger partial charge in [-0.2, -0.15) is 0 Å². The van der Waals surface area contributed by atoms with Crippen molar-refractivity contribution in [3.8, 4) is 0 Å². The maximum Gasteiger partial charge on any atom is 0.224 e. The molecule has 1 aliphatic carbocycles. The summed E-state index contributed by atoms with van der Waals surface area (Å²) in [5, 5.41) is 0.709. The van der Waals surface area contributed by atoms with Crippen LogP contribution in [0.2, 0.25) is 5.02 Å². The minimum atomic E-state index is -0.259. The van der Waals surface area contributed by atoms with Gasteiger partial charge in [0.15, 0.2) is 0 Å². The van der Waals surface area contributed by atoms with Crippen LogP contribution in [0.25, 0.3) is 0 Å². The average molecular weight is 281 g/mol. The predicted molar refractivity (Wildman–Crippen MR) is 78.0 cm³/mol. The van der Waals surface area contributed by atoms with E-state index in [1.54, 1.807) is 4.90 Å². The summed E-state index contributed by atoms with van der Waals surface area (Å²) in [6.45, 7) is 2.02. The summed E-state index contributed by atoms with van der Waals surface area (Å²) >= 11 is 5.87. The van der Waals surface area contributed by atoms with Crippen LogP contribution in [0.5, 0.6) is 0 Å². The molecular formula is C15H21ClN2O. The van der Waals surface area contributed by atoms with Gasteiger partial charge in [-0.25, -0.2) is 0 Å². The third kappa shape index (κ3) is 3.28. The smallest absolute Gasteiger partial charge is 0.224 e. The van der Waals surface area contributed by atoms with Crippen molar-refractivity contribution >= 4 is 17.5 Å². The summed E-state index contributed by atoms with van der Waals surface area (Å²) in [6.07, 6.45) is 3.51. The van der Waals surface area contributed by atoms with Crippen molar-refractivity contribution in [1.29, 1.82) is 0 Å². The first-order chi connectivity index (χ1) is 8.91. The van der Waals surface area contributed by atoms with E-state index in [-0.39, 0.29) is 17.5 Å². The van der Waals surface area contributed by atoms with E-state index in [0.717, 1.165) is 24.8 Å². The lowest BCUT2D eigenvalue weighted by molar-refractivity contribution is -0.133. The van der Waals surface area contributed by atoms with Gasteiger partial charge in [0.2, 0.25) is 5.91 Å². The van der Waals surface area contributed by atoms with E-state index >= 15 is 0 Å². The molecule has 0 spiro atoms. The second-order valence-corrected chi connectivity index (χ2v) is 6.06. The largest absolute Gasteiger partial charge is 0.339 e. The van der Waals surface area contributed by atoms with Crippen molar-refractivity contribution in [3.63, 3.8) is 0 Å². The van der Waals surface area contributed by atoms with Crippen molar-refractivity contribution in [2.24, 2.45) is 5.73 Å². The van der Waals surface area contributed by atoms with Crippen LogP contribution in [0.4, 0.5) is 0 Å². The molecule has 1 fully saturated rings. The van der Waals surface area contributed by atoms with E-state index in [1.807, 2.05) is 38.2 Å². The van der Waals surface area contributed by atoms with Gasteiger partial charge in [0.1, 0.15) is 0 Å². The van der Waals surface area contributed by atoms with E-state index in [0.29, 0.717) is 11.4 Å². The molecule has 104 valence electrons. The number of hydrogen-bond acceptors (Lipinski definition) is 2. The number of benzene rings is 1. The Balaban J connectivity index is 1.99. The van der Waals surface area contributed by atoms with Crippen LogP contribution in [-0.2, 0) is 4.79 Å². The molecule has 1 aliphatic rings. The van der Waals surface area contributed by atoms with Gasteiger partial charge in [-0.1, -0.05) is 23.7 Å². The molecule has 1 aromatic rings. The molecule has 4 heteroatoms. The third-order valence-electron chi connectivity index (χ3n) is 4.18. The normalized spacial score (nSPS) is 18.5. The van der Waals surface area contributed by atoms with Crippen molar-refractivity contribution in [2.75, 3.05) is 7.05 Å². The first-order valence-corrected chi connectivity index (χ1v) is 7.09. The SMILES string of the molecule is CC(c1ccc(Cl)cc1)N(C)C(=O)CC1(N)CCC1. The minimum absolute atomic E-state index is 0.0356. The highest BCUT2D eigenvalue weighted by Gasteiger charge is 2.36. The van der Waals surface area contributed by atoms with Crippen LogP contribution in [0, 0.1) is 0 Å². The van der Waals surface area contributed by atoms with Crippen molar-refractivity contribution < 1.29 is 4.79 Å². The molecule has 1 unspecified atom stereocenters. The van der Waals surface area contributed by atoms with Gasteiger partial charge in [0, 0.05) is 24.0 Å². The number of halogens is 1. The second kappa shape index (κ2) is 5.51. The number of nitrogens with two attached hydrogens (primary N) is 1. The number of hydrogen-bond donors (Lipinski definition) is 1. The minimum Gasteiger partial charge on any atom is -0.339 e. The molecule has 1 aromatic carbocycles. The summed E-state index contributed by atoms with van der Waals surface area (Å²) in [5.41, 5.74) is 6.96. The molecule has 1 atom stereocenters. The predicted octanol–water partition coefficient (Wildman–Crippen LogP) is 3.13. The van der Waals surface area contributed by atoms with E-state index in [1.165, 1.54) is 0 Å². The van der Waals surface area contributed by atoms with Gasteiger partial charge < -0.3 is 10.6 Å². The molecule has 0 heterocycles. The first kappa shape index (κ1) is 14.4. The lowest BCUT2D eigenvalue weighted by Gasteiger charge is -2.39. The van der Waals surface area contributed by atoms with Gasteiger partial charge in [-0.15, -0.1) is 0 Å². The molecule has 2 N–H and O–H groups in total. The number of rotatable bonds is 4. The van der Waals surface area contributed by atoms with Gasteiger partial charge in [-0.3, -0.25) is 4.79 Å². The second-order valence-electron chi connectivity index (χ2n) is 5.62. The fourth-order valence-electron chi connectivity index (χ4n) is 2.41. The summed E-state index contributed by atoms with van der Waals surface area (Å²) < 4.78 is 0. The fourth-order valence-corrected chi connectivity index (χ4v) is 2.54. The standard InChI is InChI=1S/C15H21ClN2O/c1-11(12-4-6-13(16)7-5-12)18(2)14(19)10-15(17)8-3-9-15/h4-7,11H,3,8-10,17H2,1-2H3. The zero-order valence-corrected chi connectivity index (χ0v) is 12.3. The molecule has 0 saturated heterocycles. The molecule has 1 saturated carbocycles. The monoisotopic (exact) mass is 280 g/mol. The lowest BCUT2D eigenvalue weighted by atomic mass is 9.75. The molecule has 0 aromatic heterocycles. The van der Waals surface area contributed by atoms with E-state index < -0.39 is 0 Å². The first-order valence-electron chi connectivity index (χ1n) is 6.71. The molecule has 3 nitrogen and oxygen atoms in total. The molecule has 19 heavy (non-hydrogen) atoms. The van der Waals surface area contributed by atoms with Crippen LogP contribution in [-0.4, -0.2) is 23.4 Å². The lowest BCUT2D eigenvalue weighted by Crippen LogP contribution is -2.50. The fraction of sp³-hybridized carbons (Fsp3) is 0.533. The van der Waals surface area contributed by atoms with Gasteiger partial charge in [-0.05, 0) is 43.9 Å².